The third-order valence-electron chi connectivity index (χ3n) is 10.1. The molecule has 0 saturated carbocycles. The predicted molar refractivity (Wildman–Crippen MR) is 217 cm³/mol. The summed E-state index contributed by atoms with van der Waals surface area (Å²) < 4.78 is 11.6. The smallest absolute Gasteiger partial charge is 0.137 e. The molecule has 0 spiro atoms. The number of anilines is 3. The van der Waals surface area contributed by atoms with Gasteiger partial charge in [-0.3, -0.25) is 0 Å². The van der Waals surface area contributed by atoms with Crippen molar-refractivity contribution in [3.8, 4) is 11.1 Å². The van der Waals surface area contributed by atoms with Crippen LogP contribution in [-0.2, 0) is 0 Å². The average molecular weight is 674 g/mol. The molecule has 234 valence electrons. The quantitative estimate of drug-likeness (QED) is 0.185. The van der Waals surface area contributed by atoms with E-state index in [-0.39, 0.29) is 0 Å². The van der Waals surface area contributed by atoms with Crippen molar-refractivity contribution in [3.05, 3.63) is 164 Å². The summed E-state index contributed by atoms with van der Waals surface area (Å²) in [6.07, 6.45) is 0. The molecule has 0 aliphatic carbocycles. The molecule has 0 amide bonds. The molecule has 4 heteroatoms. The van der Waals surface area contributed by atoms with E-state index in [9.17, 15) is 0 Å². The first-order valence-corrected chi connectivity index (χ1v) is 18.5. The van der Waals surface area contributed by atoms with E-state index in [2.05, 4.69) is 157 Å². The molecule has 0 bridgehead atoms. The maximum Gasteiger partial charge on any atom is 0.137 e. The van der Waals surface area contributed by atoms with Crippen LogP contribution in [0.4, 0.5) is 17.1 Å². The number of hydrogen-bond acceptors (Lipinski definition) is 4. The Bertz CT molecular complexity index is 2990. The first-order valence-electron chi connectivity index (χ1n) is 16.8. The van der Waals surface area contributed by atoms with Gasteiger partial charge in [0.1, 0.15) is 11.2 Å². The molecular formula is C46H27NOS2. The molecule has 0 aliphatic heterocycles. The van der Waals surface area contributed by atoms with Crippen LogP contribution in [0.15, 0.2) is 168 Å². The number of furan rings is 1. The lowest BCUT2D eigenvalue weighted by molar-refractivity contribution is 0.669. The van der Waals surface area contributed by atoms with Crippen molar-refractivity contribution < 1.29 is 4.42 Å². The molecule has 0 fully saturated rings. The highest BCUT2D eigenvalue weighted by atomic mass is 32.1. The van der Waals surface area contributed by atoms with Gasteiger partial charge in [-0.05, 0) is 82.6 Å². The first kappa shape index (κ1) is 28.0. The van der Waals surface area contributed by atoms with Gasteiger partial charge in [0.15, 0.2) is 0 Å². The van der Waals surface area contributed by atoms with Crippen LogP contribution in [-0.4, -0.2) is 0 Å². The van der Waals surface area contributed by atoms with Gasteiger partial charge in [-0.2, -0.15) is 0 Å². The Morgan fingerprint density at radius 1 is 0.360 bits per heavy atom. The van der Waals surface area contributed by atoms with E-state index < -0.39 is 0 Å². The molecule has 0 atom stereocenters. The maximum absolute atomic E-state index is 6.36. The van der Waals surface area contributed by atoms with Gasteiger partial charge in [-0.1, -0.05) is 97.1 Å². The SMILES string of the molecule is c1ccc2c(c1)ccc1c3cc(-c4ccc(N(c5ccc6c(c5)oc5ccccc56)c5ccc6c(c5)sc5ccccc56)cc4)ccc3sc21. The summed E-state index contributed by atoms with van der Waals surface area (Å²) in [4.78, 5) is 2.35. The molecule has 3 heterocycles. The fourth-order valence-corrected chi connectivity index (χ4v) is 10.00. The number of thiophene rings is 2. The highest BCUT2D eigenvalue weighted by Crippen LogP contribution is 2.44. The molecule has 3 aromatic heterocycles. The Kier molecular flexibility index (Phi) is 6.03. The summed E-state index contributed by atoms with van der Waals surface area (Å²) in [5.41, 5.74) is 7.48. The van der Waals surface area contributed by atoms with Crippen molar-refractivity contribution in [2.45, 2.75) is 0 Å². The van der Waals surface area contributed by atoms with Gasteiger partial charge in [-0.25, -0.2) is 0 Å². The summed E-state index contributed by atoms with van der Waals surface area (Å²) >= 11 is 3.73. The van der Waals surface area contributed by atoms with Crippen LogP contribution in [0.1, 0.15) is 0 Å². The molecule has 50 heavy (non-hydrogen) atoms. The van der Waals surface area contributed by atoms with E-state index in [1.807, 2.05) is 34.8 Å². The van der Waals surface area contributed by atoms with E-state index in [0.717, 1.165) is 39.0 Å². The second-order valence-corrected chi connectivity index (χ2v) is 15.1. The number of benzene rings is 8. The molecule has 11 rings (SSSR count). The van der Waals surface area contributed by atoms with Gasteiger partial charge in [-0.15, -0.1) is 22.7 Å². The molecule has 8 aromatic carbocycles. The number of nitrogens with zero attached hydrogens (tertiary/aromatic N) is 1. The van der Waals surface area contributed by atoms with Crippen LogP contribution in [0.2, 0.25) is 0 Å². The van der Waals surface area contributed by atoms with Gasteiger partial charge < -0.3 is 9.32 Å². The number of hydrogen-bond donors (Lipinski definition) is 0. The summed E-state index contributed by atoms with van der Waals surface area (Å²) in [5.74, 6) is 0. The molecule has 0 unspecified atom stereocenters. The summed E-state index contributed by atoms with van der Waals surface area (Å²) in [6.45, 7) is 0. The molecule has 11 aromatic rings. The van der Waals surface area contributed by atoms with E-state index >= 15 is 0 Å². The van der Waals surface area contributed by atoms with Crippen LogP contribution in [0, 0.1) is 0 Å². The third kappa shape index (κ3) is 4.26. The fourth-order valence-electron chi connectivity index (χ4n) is 7.64. The minimum Gasteiger partial charge on any atom is -0.456 e. The van der Waals surface area contributed by atoms with Crippen molar-refractivity contribution in [2.24, 2.45) is 0 Å². The van der Waals surface area contributed by atoms with Gasteiger partial charge in [0, 0.05) is 74.2 Å². The highest BCUT2D eigenvalue weighted by molar-refractivity contribution is 7.26. The minimum atomic E-state index is 0.886. The Hall–Kier alpha value is -5.94. The summed E-state index contributed by atoms with van der Waals surface area (Å²) in [6, 6.07) is 59.5. The van der Waals surface area contributed by atoms with Crippen molar-refractivity contribution in [1.29, 1.82) is 0 Å². The topological polar surface area (TPSA) is 16.4 Å². The normalized spacial score (nSPS) is 12.0. The summed E-state index contributed by atoms with van der Waals surface area (Å²) in [5, 5.41) is 10.1. The lowest BCUT2D eigenvalue weighted by atomic mass is 10.0. The zero-order valence-electron chi connectivity index (χ0n) is 26.8. The van der Waals surface area contributed by atoms with Gasteiger partial charge >= 0.3 is 0 Å². The lowest BCUT2D eigenvalue weighted by Crippen LogP contribution is -2.09. The lowest BCUT2D eigenvalue weighted by Gasteiger charge is -2.26. The fraction of sp³-hybridized carbons (Fsp3) is 0. The largest absolute Gasteiger partial charge is 0.456 e. The summed E-state index contributed by atoms with van der Waals surface area (Å²) in [7, 11) is 0. The number of para-hydroxylation sites is 1. The molecule has 0 N–H and O–H groups in total. The first-order chi connectivity index (χ1) is 24.7. The van der Waals surface area contributed by atoms with Crippen molar-refractivity contribution in [1.82, 2.24) is 0 Å². The van der Waals surface area contributed by atoms with Gasteiger partial charge in [0.25, 0.3) is 0 Å². The minimum absolute atomic E-state index is 0.886. The molecular weight excluding hydrogens is 647 g/mol. The molecule has 0 saturated heterocycles. The van der Waals surface area contributed by atoms with Crippen LogP contribution < -0.4 is 4.90 Å². The highest BCUT2D eigenvalue weighted by Gasteiger charge is 2.18. The molecule has 0 radical (unpaired) electrons. The van der Waals surface area contributed by atoms with Gasteiger partial charge in [0.2, 0.25) is 0 Å². The average Bonchev–Trinajstić information content (AvgIpc) is 3.86. The van der Waals surface area contributed by atoms with Crippen molar-refractivity contribution >= 4 is 113 Å². The van der Waals surface area contributed by atoms with E-state index in [1.54, 1.807) is 0 Å². The zero-order chi connectivity index (χ0) is 32.8. The number of rotatable bonds is 4. The zero-order valence-corrected chi connectivity index (χ0v) is 28.4. The Morgan fingerprint density at radius 3 is 1.90 bits per heavy atom. The molecule has 2 nitrogen and oxygen atoms in total. The van der Waals surface area contributed by atoms with Crippen molar-refractivity contribution in [3.63, 3.8) is 0 Å². The van der Waals surface area contributed by atoms with Gasteiger partial charge in [0.05, 0.1) is 0 Å². The van der Waals surface area contributed by atoms with E-state index in [0.29, 0.717) is 0 Å². The Labute approximate surface area is 295 Å². The van der Waals surface area contributed by atoms with E-state index in [4.69, 9.17) is 4.42 Å². The van der Waals surface area contributed by atoms with Crippen molar-refractivity contribution in [2.75, 3.05) is 4.90 Å². The Morgan fingerprint density at radius 2 is 1.00 bits per heavy atom. The third-order valence-corrected chi connectivity index (χ3v) is 12.4. The monoisotopic (exact) mass is 673 g/mol. The van der Waals surface area contributed by atoms with Crippen LogP contribution >= 0.6 is 22.7 Å². The number of fused-ring (bicyclic) bond motifs is 11. The standard InChI is InChI=1S/C46H27NOS2/c1-2-8-34-29(7-1)15-21-39-40-25-30(16-24-44(40)50-46(34)39)28-13-17-31(18-14-28)47(32-19-22-36-35-9-3-5-11-41(35)48-42(36)26-32)33-20-23-38-37-10-4-6-12-43(37)49-45(38)27-33/h1-27H. The predicted octanol–water partition coefficient (Wildman–Crippen LogP) is 14.6. The second-order valence-electron chi connectivity index (χ2n) is 12.9. The van der Waals surface area contributed by atoms with E-state index in [1.165, 1.54) is 62.2 Å². The van der Waals surface area contributed by atoms with Crippen LogP contribution in [0.3, 0.4) is 0 Å². The second kappa shape index (κ2) is 10.8. The van der Waals surface area contributed by atoms with Crippen LogP contribution in [0.25, 0.3) is 84.2 Å². The molecule has 0 aliphatic rings. The Balaban J connectivity index is 1.04. The maximum atomic E-state index is 6.36. The van der Waals surface area contributed by atoms with Crippen LogP contribution in [0.5, 0.6) is 0 Å².